The molecule has 2 rings (SSSR count). The van der Waals surface area contributed by atoms with Crippen LogP contribution in [0.4, 0.5) is 0 Å². The van der Waals surface area contributed by atoms with Crippen molar-refractivity contribution in [2.24, 2.45) is 0 Å². The third kappa shape index (κ3) is 1.65. The van der Waals surface area contributed by atoms with E-state index in [1.54, 1.807) is 12.5 Å². The van der Waals surface area contributed by atoms with Gasteiger partial charge in [0, 0.05) is 25.2 Å². The minimum Gasteiger partial charge on any atom is -0.392 e. The molecule has 0 aliphatic carbocycles. The van der Waals surface area contributed by atoms with Crippen molar-refractivity contribution in [2.45, 2.75) is 19.1 Å². The maximum absolute atomic E-state index is 9.25. The van der Waals surface area contributed by atoms with E-state index in [0.29, 0.717) is 0 Å². The summed E-state index contributed by atoms with van der Waals surface area (Å²) in [5, 5.41) is 12.9. The normalized spacial score (nSPS) is 24.9. The summed E-state index contributed by atoms with van der Waals surface area (Å²) >= 11 is 0. The van der Waals surface area contributed by atoms with Gasteiger partial charge in [-0.05, 0) is 6.42 Å². The smallest absolute Gasteiger partial charge is 0.128 e. The molecule has 1 aliphatic rings. The van der Waals surface area contributed by atoms with Gasteiger partial charge in [0.25, 0.3) is 0 Å². The molecule has 0 unspecified atom stereocenters. The van der Waals surface area contributed by atoms with Gasteiger partial charge in [-0.2, -0.15) is 0 Å². The van der Waals surface area contributed by atoms with E-state index in [0.717, 1.165) is 31.6 Å². The van der Waals surface area contributed by atoms with Crippen LogP contribution >= 0.6 is 0 Å². The molecule has 0 radical (unpaired) electrons. The number of rotatable bonds is 2. The van der Waals surface area contributed by atoms with E-state index in [9.17, 15) is 5.11 Å². The first kappa shape index (κ1) is 7.76. The summed E-state index contributed by atoms with van der Waals surface area (Å²) in [4.78, 5) is 2.19. The molecule has 0 amide bonds. The molecule has 1 atom stereocenters. The Hall–Kier alpha value is -0.870. The zero-order chi connectivity index (χ0) is 8.39. The first-order valence-corrected chi connectivity index (χ1v) is 4.13. The van der Waals surface area contributed by atoms with Gasteiger partial charge in [-0.25, -0.2) is 0 Å². The predicted molar refractivity (Wildman–Crippen MR) is 42.4 cm³/mol. The third-order valence-corrected chi connectivity index (χ3v) is 2.14. The number of nitrogens with zero attached hydrogens (tertiary/aromatic N) is 2. The van der Waals surface area contributed by atoms with Crippen LogP contribution in [0.1, 0.15) is 12.0 Å². The largest absolute Gasteiger partial charge is 0.392 e. The standard InChI is InChI=1S/C8H12N2O2/c11-8-1-2-10(5-8)4-7-3-9-12-6-7/h3,6,8,11H,1-2,4-5H2/t8-/m1/s1. The number of β-amino-alcohol motifs (C(OH)–C–C–N with tert-alkyl or cyclic N) is 1. The first-order chi connectivity index (χ1) is 5.84. The van der Waals surface area contributed by atoms with Gasteiger partial charge in [0.1, 0.15) is 6.26 Å². The van der Waals surface area contributed by atoms with E-state index in [2.05, 4.69) is 10.1 Å². The highest BCUT2D eigenvalue weighted by atomic mass is 16.5. The predicted octanol–water partition coefficient (Wildman–Crippen LogP) is 0.241. The van der Waals surface area contributed by atoms with E-state index in [1.165, 1.54) is 0 Å². The Morgan fingerprint density at radius 1 is 1.75 bits per heavy atom. The lowest BCUT2D eigenvalue weighted by Crippen LogP contribution is -2.21. The molecule has 1 N–H and O–H groups in total. The van der Waals surface area contributed by atoms with E-state index in [4.69, 9.17) is 4.52 Å². The molecule has 1 aromatic rings. The second-order valence-electron chi connectivity index (χ2n) is 3.21. The molecule has 1 saturated heterocycles. The molecule has 0 spiro atoms. The summed E-state index contributed by atoms with van der Waals surface area (Å²) in [6.45, 7) is 2.57. The fourth-order valence-electron chi connectivity index (χ4n) is 1.52. The highest BCUT2D eigenvalue weighted by molar-refractivity contribution is 5.00. The summed E-state index contributed by atoms with van der Waals surface area (Å²) < 4.78 is 4.71. The third-order valence-electron chi connectivity index (χ3n) is 2.14. The molecule has 4 heteroatoms. The summed E-state index contributed by atoms with van der Waals surface area (Å²) in [5.74, 6) is 0. The SMILES string of the molecule is O[C@@H]1CCN(Cc2cnoc2)C1. The molecule has 66 valence electrons. The van der Waals surface area contributed by atoms with Crippen LogP contribution in [0.25, 0.3) is 0 Å². The van der Waals surface area contributed by atoms with Gasteiger partial charge in [-0.3, -0.25) is 4.90 Å². The minimum atomic E-state index is -0.148. The lowest BCUT2D eigenvalue weighted by atomic mass is 10.3. The molecule has 1 aliphatic heterocycles. The van der Waals surface area contributed by atoms with E-state index in [1.807, 2.05) is 0 Å². The Morgan fingerprint density at radius 2 is 2.67 bits per heavy atom. The van der Waals surface area contributed by atoms with Crippen molar-refractivity contribution in [1.29, 1.82) is 0 Å². The maximum Gasteiger partial charge on any atom is 0.128 e. The van der Waals surface area contributed by atoms with E-state index in [-0.39, 0.29) is 6.10 Å². The Labute approximate surface area is 70.8 Å². The van der Waals surface area contributed by atoms with Gasteiger partial charge in [0.05, 0.1) is 12.3 Å². The number of aliphatic hydroxyl groups is 1. The summed E-state index contributed by atoms with van der Waals surface area (Å²) in [5.41, 5.74) is 1.07. The Bertz CT molecular complexity index is 235. The second-order valence-corrected chi connectivity index (χ2v) is 3.21. The molecular formula is C8H12N2O2. The molecule has 4 nitrogen and oxygen atoms in total. The van der Waals surface area contributed by atoms with Crippen molar-refractivity contribution in [3.63, 3.8) is 0 Å². The number of hydrogen-bond acceptors (Lipinski definition) is 4. The van der Waals surface area contributed by atoms with E-state index >= 15 is 0 Å². The molecule has 1 aromatic heterocycles. The van der Waals surface area contributed by atoms with Crippen LogP contribution in [-0.2, 0) is 6.54 Å². The summed E-state index contributed by atoms with van der Waals surface area (Å²) in [6.07, 6.45) is 4.09. The average Bonchev–Trinajstić information content (AvgIpc) is 2.63. The highest BCUT2D eigenvalue weighted by Crippen LogP contribution is 2.12. The van der Waals surface area contributed by atoms with Gasteiger partial charge in [-0.15, -0.1) is 0 Å². The zero-order valence-electron chi connectivity index (χ0n) is 6.81. The Balaban J connectivity index is 1.88. The van der Waals surface area contributed by atoms with Crippen LogP contribution in [0.3, 0.4) is 0 Å². The van der Waals surface area contributed by atoms with Gasteiger partial charge in [0.15, 0.2) is 0 Å². The molecule has 2 heterocycles. The van der Waals surface area contributed by atoms with Crippen molar-refractivity contribution in [3.8, 4) is 0 Å². The minimum absolute atomic E-state index is 0.148. The quantitative estimate of drug-likeness (QED) is 0.687. The topological polar surface area (TPSA) is 49.5 Å². The van der Waals surface area contributed by atoms with Gasteiger partial charge in [-0.1, -0.05) is 5.16 Å². The fraction of sp³-hybridized carbons (Fsp3) is 0.625. The number of aliphatic hydroxyl groups excluding tert-OH is 1. The molecule has 0 saturated carbocycles. The maximum atomic E-state index is 9.25. The van der Waals surface area contributed by atoms with Crippen LogP contribution in [0.15, 0.2) is 17.0 Å². The van der Waals surface area contributed by atoms with Crippen LogP contribution in [0.5, 0.6) is 0 Å². The average molecular weight is 168 g/mol. The number of hydrogen-bond donors (Lipinski definition) is 1. The second kappa shape index (κ2) is 3.25. The molecule has 0 bridgehead atoms. The highest BCUT2D eigenvalue weighted by Gasteiger charge is 2.20. The Kier molecular flexibility index (Phi) is 2.10. The van der Waals surface area contributed by atoms with Crippen LogP contribution in [-0.4, -0.2) is 34.4 Å². The van der Waals surface area contributed by atoms with Crippen molar-refractivity contribution in [2.75, 3.05) is 13.1 Å². The molecule has 12 heavy (non-hydrogen) atoms. The lowest BCUT2D eigenvalue weighted by molar-refractivity contribution is 0.174. The summed E-state index contributed by atoms with van der Waals surface area (Å²) in [6, 6.07) is 0. The van der Waals surface area contributed by atoms with Crippen LogP contribution in [0.2, 0.25) is 0 Å². The van der Waals surface area contributed by atoms with Crippen molar-refractivity contribution >= 4 is 0 Å². The Morgan fingerprint density at radius 3 is 3.25 bits per heavy atom. The van der Waals surface area contributed by atoms with Crippen molar-refractivity contribution in [1.82, 2.24) is 10.1 Å². The monoisotopic (exact) mass is 168 g/mol. The van der Waals surface area contributed by atoms with Gasteiger partial charge >= 0.3 is 0 Å². The van der Waals surface area contributed by atoms with Crippen LogP contribution < -0.4 is 0 Å². The van der Waals surface area contributed by atoms with Gasteiger partial charge < -0.3 is 9.63 Å². The molecule has 0 aromatic carbocycles. The fourth-order valence-corrected chi connectivity index (χ4v) is 1.52. The zero-order valence-corrected chi connectivity index (χ0v) is 6.81. The first-order valence-electron chi connectivity index (χ1n) is 4.13. The lowest BCUT2D eigenvalue weighted by Gasteiger charge is -2.12. The molecule has 1 fully saturated rings. The number of aromatic nitrogens is 1. The van der Waals surface area contributed by atoms with Crippen molar-refractivity contribution < 1.29 is 9.63 Å². The van der Waals surface area contributed by atoms with E-state index < -0.39 is 0 Å². The summed E-state index contributed by atoms with van der Waals surface area (Å²) in [7, 11) is 0. The van der Waals surface area contributed by atoms with Gasteiger partial charge in [0.2, 0.25) is 0 Å². The van der Waals surface area contributed by atoms with Crippen LogP contribution in [0, 0.1) is 0 Å². The number of likely N-dealkylation sites (tertiary alicyclic amines) is 1. The van der Waals surface area contributed by atoms with Crippen molar-refractivity contribution in [3.05, 3.63) is 18.0 Å². The molecular weight excluding hydrogens is 156 g/mol.